The van der Waals surface area contributed by atoms with Crippen LogP contribution in [0.1, 0.15) is 38.4 Å². The first-order valence-corrected chi connectivity index (χ1v) is 12.4. The molecule has 7 nitrogen and oxygen atoms in total. The van der Waals surface area contributed by atoms with Crippen LogP contribution < -0.4 is 5.32 Å². The lowest BCUT2D eigenvalue weighted by Crippen LogP contribution is -2.27. The maximum Gasteiger partial charge on any atom is 0.243 e. The molecule has 1 fully saturated rings. The Labute approximate surface area is 187 Å². The normalized spacial score (nSPS) is 14.8. The van der Waals surface area contributed by atoms with E-state index >= 15 is 0 Å². The van der Waals surface area contributed by atoms with Crippen molar-refractivity contribution in [2.45, 2.75) is 50.5 Å². The summed E-state index contributed by atoms with van der Waals surface area (Å²) in [6, 6.07) is 11.1. The molecule has 2 heterocycles. The summed E-state index contributed by atoms with van der Waals surface area (Å²) in [7, 11) is -3.53. The summed E-state index contributed by atoms with van der Waals surface area (Å²) in [6.45, 7) is 3.85. The molecule has 4 rings (SSSR count). The number of hydrogen-bond acceptors (Lipinski definition) is 4. The van der Waals surface area contributed by atoms with Crippen molar-refractivity contribution in [3.8, 4) is 0 Å². The van der Waals surface area contributed by atoms with E-state index in [0.29, 0.717) is 37.4 Å². The standard InChI is InChI=1S/C23H27FN4O3S/c1-2-13-28-21-10-9-17(32(30,31)27-14-5-6-15-27)16-20(21)25-22(28)11-12-23(29)26-19-8-4-3-7-18(19)24/h3-4,7-10,16H,2,5-6,11-15H2,1H3,(H,26,29). The van der Waals surface area contributed by atoms with E-state index in [4.69, 9.17) is 0 Å². The van der Waals surface area contributed by atoms with Gasteiger partial charge in [-0.25, -0.2) is 17.8 Å². The van der Waals surface area contributed by atoms with Gasteiger partial charge in [-0.15, -0.1) is 0 Å². The van der Waals surface area contributed by atoms with Crippen LogP contribution in [0.15, 0.2) is 47.4 Å². The Bertz CT molecular complexity index is 1230. The van der Waals surface area contributed by atoms with E-state index in [0.717, 1.165) is 24.8 Å². The Morgan fingerprint density at radius 3 is 2.62 bits per heavy atom. The number of carbonyl (C=O) groups is 1. The first kappa shape index (κ1) is 22.4. The molecule has 3 aromatic rings. The first-order chi connectivity index (χ1) is 15.4. The molecule has 2 aromatic carbocycles. The van der Waals surface area contributed by atoms with Crippen LogP contribution in [0.25, 0.3) is 11.0 Å². The van der Waals surface area contributed by atoms with E-state index in [9.17, 15) is 17.6 Å². The average Bonchev–Trinajstić information content (AvgIpc) is 3.43. The lowest BCUT2D eigenvalue weighted by atomic mass is 10.2. The SMILES string of the molecule is CCCn1c(CCC(=O)Nc2ccccc2F)nc2cc(S(=O)(=O)N3CCCC3)ccc21. The number of amides is 1. The number of nitrogens with one attached hydrogen (secondary N) is 1. The van der Waals surface area contributed by atoms with Gasteiger partial charge in [0.25, 0.3) is 0 Å². The first-order valence-electron chi connectivity index (χ1n) is 10.9. The molecule has 0 radical (unpaired) electrons. The number of sulfonamides is 1. The molecule has 0 bridgehead atoms. The molecule has 0 unspecified atom stereocenters. The minimum Gasteiger partial charge on any atom is -0.328 e. The van der Waals surface area contributed by atoms with Crippen LogP contribution in [-0.2, 0) is 27.8 Å². The van der Waals surface area contributed by atoms with Crippen molar-refractivity contribution in [3.05, 3.63) is 54.1 Å². The zero-order valence-corrected chi connectivity index (χ0v) is 18.9. The summed E-state index contributed by atoms with van der Waals surface area (Å²) in [6.07, 6.45) is 3.13. The fourth-order valence-corrected chi connectivity index (χ4v) is 5.60. The second-order valence-corrected chi connectivity index (χ2v) is 9.91. The lowest BCUT2D eigenvalue weighted by Gasteiger charge is -2.15. The van der Waals surface area contributed by atoms with E-state index in [1.165, 1.54) is 16.4 Å². The second kappa shape index (κ2) is 9.38. The Kier molecular flexibility index (Phi) is 6.57. The summed E-state index contributed by atoms with van der Waals surface area (Å²) < 4.78 is 43.2. The third kappa shape index (κ3) is 4.54. The molecule has 9 heteroatoms. The van der Waals surface area contributed by atoms with Gasteiger partial charge in [-0.2, -0.15) is 4.31 Å². The molecule has 170 valence electrons. The highest BCUT2D eigenvalue weighted by Gasteiger charge is 2.27. The van der Waals surface area contributed by atoms with Gasteiger partial charge in [-0.1, -0.05) is 19.1 Å². The van der Waals surface area contributed by atoms with E-state index in [1.54, 1.807) is 30.3 Å². The highest BCUT2D eigenvalue weighted by atomic mass is 32.2. The molecule has 1 aromatic heterocycles. The number of para-hydroxylation sites is 1. The third-order valence-electron chi connectivity index (χ3n) is 5.67. The van der Waals surface area contributed by atoms with Crippen molar-refractivity contribution < 1.29 is 17.6 Å². The average molecular weight is 459 g/mol. The molecule has 32 heavy (non-hydrogen) atoms. The van der Waals surface area contributed by atoms with Gasteiger partial charge in [-0.05, 0) is 49.6 Å². The van der Waals surface area contributed by atoms with Gasteiger partial charge in [-0.3, -0.25) is 4.79 Å². The number of imidazole rings is 1. The molecule has 0 aliphatic carbocycles. The van der Waals surface area contributed by atoms with Crippen LogP contribution in [0.5, 0.6) is 0 Å². The monoisotopic (exact) mass is 458 g/mol. The van der Waals surface area contributed by atoms with Crippen molar-refractivity contribution in [3.63, 3.8) is 0 Å². The number of halogens is 1. The maximum absolute atomic E-state index is 13.8. The molecule has 0 atom stereocenters. The molecule has 1 aliphatic heterocycles. The van der Waals surface area contributed by atoms with Gasteiger partial charge in [0.15, 0.2) is 0 Å². The molecule has 1 N–H and O–H groups in total. The second-order valence-electron chi connectivity index (χ2n) is 7.97. The van der Waals surface area contributed by atoms with Crippen LogP contribution in [0.4, 0.5) is 10.1 Å². The molecule has 0 spiro atoms. The van der Waals surface area contributed by atoms with Crippen LogP contribution in [0.2, 0.25) is 0 Å². The topological polar surface area (TPSA) is 84.3 Å². The zero-order valence-electron chi connectivity index (χ0n) is 18.1. The van der Waals surface area contributed by atoms with Gasteiger partial charge in [0, 0.05) is 32.5 Å². The van der Waals surface area contributed by atoms with Crippen LogP contribution in [0.3, 0.4) is 0 Å². The Morgan fingerprint density at radius 2 is 1.91 bits per heavy atom. The number of nitrogens with zero attached hydrogens (tertiary/aromatic N) is 3. The quantitative estimate of drug-likeness (QED) is 0.554. The molecule has 1 aliphatic rings. The third-order valence-corrected chi connectivity index (χ3v) is 7.57. The van der Waals surface area contributed by atoms with Crippen molar-refractivity contribution in [2.24, 2.45) is 0 Å². The summed E-state index contributed by atoms with van der Waals surface area (Å²) in [4.78, 5) is 17.3. The fourth-order valence-electron chi connectivity index (χ4n) is 4.06. The lowest BCUT2D eigenvalue weighted by molar-refractivity contribution is -0.116. The van der Waals surface area contributed by atoms with Crippen molar-refractivity contribution >= 4 is 32.7 Å². The molecule has 0 saturated carbocycles. The minimum absolute atomic E-state index is 0.139. The summed E-state index contributed by atoms with van der Waals surface area (Å²) in [5.41, 5.74) is 1.59. The smallest absolute Gasteiger partial charge is 0.243 e. The fraction of sp³-hybridized carbons (Fsp3) is 0.391. The number of hydrogen-bond donors (Lipinski definition) is 1. The van der Waals surface area contributed by atoms with Crippen molar-refractivity contribution in [2.75, 3.05) is 18.4 Å². The van der Waals surface area contributed by atoms with Gasteiger partial charge < -0.3 is 9.88 Å². The minimum atomic E-state index is -3.53. The molecular weight excluding hydrogens is 431 g/mol. The summed E-state index contributed by atoms with van der Waals surface area (Å²) >= 11 is 0. The van der Waals surface area contributed by atoms with Crippen molar-refractivity contribution in [1.29, 1.82) is 0 Å². The summed E-state index contributed by atoms with van der Waals surface area (Å²) in [5, 5.41) is 2.59. The molecular formula is C23H27FN4O3S. The number of benzene rings is 2. The van der Waals surface area contributed by atoms with E-state index in [1.807, 2.05) is 11.5 Å². The summed E-state index contributed by atoms with van der Waals surface area (Å²) in [5.74, 6) is -0.0745. The van der Waals surface area contributed by atoms with Crippen LogP contribution in [0, 0.1) is 5.82 Å². The number of carbonyl (C=O) groups excluding carboxylic acids is 1. The predicted molar refractivity (Wildman–Crippen MR) is 121 cm³/mol. The highest BCUT2D eigenvalue weighted by Crippen LogP contribution is 2.26. The number of aromatic nitrogens is 2. The van der Waals surface area contributed by atoms with Gasteiger partial charge in [0.05, 0.1) is 21.6 Å². The molecule has 1 saturated heterocycles. The largest absolute Gasteiger partial charge is 0.328 e. The highest BCUT2D eigenvalue weighted by molar-refractivity contribution is 7.89. The number of aryl methyl sites for hydroxylation is 2. The maximum atomic E-state index is 13.8. The van der Waals surface area contributed by atoms with E-state index in [2.05, 4.69) is 10.3 Å². The van der Waals surface area contributed by atoms with E-state index < -0.39 is 15.8 Å². The number of rotatable bonds is 8. The zero-order chi connectivity index (χ0) is 22.7. The van der Waals surface area contributed by atoms with Gasteiger partial charge >= 0.3 is 0 Å². The van der Waals surface area contributed by atoms with E-state index in [-0.39, 0.29) is 22.9 Å². The number of fused-ring (bicyclic) bond motifs is 1. The Balaban J connectivity index is 1.56. The van der Waals surface area contributed by atoms with Crippen LogP contribution >= 0.6 is 0 Å². The van der Waals surface area contributed by atoms with Crippen LogP contribution in [-0.4, -0.2) is 41.3 Å². The van der Waals surface area contributed by atoms with Crippen molar-refractivity contribution in [1.82, 2.24) is 13.9 Å². The molecule has 1 amide bonds. The predicted octanol–water partition coefficient (Wildman–Crippen LogP) is 3.94. The van der Waals surface area contributed by atoms with Gasteiger partial charge in [0.1, 0.15) is 11.6 Å². The Morgan fingerprint density at radius 1 is 1.16 bits per heavy atom. The Hall–Kier alpha value is -2.78. The van der Waals surface area contributed by atoms with Gasteiger partial charge in [0.2, 0.25) is 15.9 Å². The number of anilines is 1.